The molecule has 5 nitrogen and oxygen atoms in total. The second-order valence-electron chi connectivity index (χ2n) is 3.69. The van der Waals surface area contributed by atoms with Crippen LogP contribution in [0.1, 0.15) is 12.8 Å². The average molecular weight is 206 g/mol. The zero-order valence-corrected chi connectivity index (χ0v) is 8.36. The molecule has 0 aromatic carbocycles. The number of hydrogen-bond donors (Lipinski definition) is 3. The number of pyridine rings is 1. The average Bonchev–Trinajstić information content (AvgIpc) is 2.22. The van der Waals surface area contributed by atoms with Gasteiger partial charge >= 0.3 is 0 Å². The molecule has 5 heteroatoms. The van der Waals surface area contributed by atoms with Crippen LogP contribution in [-0.2, 0) is 4.79 Å². The van der Waals surface area contributed by atoms with E-state index in [1.54, 1.807) is 12.4 Å². The fourth-order valence-corrected chi connectivity index (χ4v) is 1.63. The van der Waals surface area contributed by atoms with E-state index in [0.717, 1.165) is 12.1 Å². The van der Waals surface area contributed by atoms with Gasteiger partial charge in [0.2, 0.25) is 5.91 Å². The third-order valence-corrected chi connectivity index (χ3v) is 2.40. The highest BCUT2D eigenvalue weighted by molar-refractivity contribution is 5.77. The first-order chi connectivity index (χ1) is 7.24. The van der Waals surface area contributed by atoms with E-state index in [0.29, 0.717) is 18.7 Å². The number of piperidine rings is 1. The maximum atomic E-state index is 10.9. The van der Waals surface area contributed by atoms with Crippen LogP contribution in [0.5, 0.6) is 0 Å². The Balaban J connectivity index is 1.94. The lowest BCUT2D eigenvalue weighted by molar-refractivity contribution is -0.122. The molecule has 1 aromatic rings. The maximum Gasteiger partial charge on any atom is 0.220 e. The smallest absolute Gasteiger partial charge is 0.220 e. The molecule has 1 atom stereocenters. The van der Waals surface area contributed by atoms with Crippen molar-refractivity contribution in [1.29, 1.82) is 0 Å². The number of nitrogens with one attached hydrogen (secondary N) is 2. The summed E-state index contributed by atoms with van der Waals surface area (Å²) in [6.07, 6.45) is 4.76. The summed E-state index contributed by atoms with van der Waals surface area (Å²) in [6, 6.07) is 2.11. The van der Waals surface area contributed by atoms with Gasteiger partial charge in [-0.05, 0) is 12.5 Å². The van der Waals surface area contributed by atoms with Crippen molar-refractivity contribution in [3.05, 3.63) is 18.5 Å². The number of carbonyl (C=O) groups excluding carboxylic acids is 1. The lowest BCUT2D eigenvalue weighted by Crippen LogP contribution is -2.41. The second-order valence-corrected chi connectivity index (χ2v) is 3.69. The zero-order valence-electron chi connectivity index (χ0n) is 8.36. The van der Waals surface area contributed by atoms with Gasteiger partial charge in [0.1, 0.15) is 0 Å². The molecule has 0 bridgehead atoms. The molecule has 2 rings (SSSR count). The Labute approximate surface area is 88.1 Å². The van der Waals surface area contributed by atoms with Gasteiger partial charge in [0.15, 0.2) is 0 Å². The number of hydrogen-bond acceptors (Lipinski definition) is 4. The van der Waals surface area contributed by atoms with Crippen LogP contribution in [0.3, 0.4) is 0 Å². The molecule has 0 radical (unpaired) electrons. The van der Waals surface area contributed by atoms with Crippen LogP contribution >= 0.6 is 0 Å². The van der Waals surface area contributed by atoms with Crippen molar-refractivity contribution < 1.29 is 4.79 Å². The summed E-state index contributed by atoms with van der Waals surface area (Å²) in [7, 11) is 0. The van der Waals surface area contributed by atoms with Crippen LogP contribution < -0.4 is 16.4 Å². The van der Waals surface area contributed by atoms with Gasteiger partial charge in [0.25, 0.3) is 0 Å². The first-order valence-corrected chi connectivity index (χ1v) is 4.98. The van der Waals surface area contributed by atoms with Gasteiger partial charge in [-0.25, -0.2) is 0 Å². The predicted octanol–water partition coefficient (Wildman–Crippen LogP) is 0.354. The molecule has 1 unspecified atom stereocenters. The van der Waals surface area contributed by atoms with Gasteiger partial charge in [-0.15, -0.1) is 0 Å². The molecule has 1 fully saturated rings. The second kappa shape index (κ2) is 4.16. The van der Waals surface area contributed by atoms with Gasteiger partial charge in [-0.1, -0.05) is 0 Å². The number of nitrogens with zero attached hydrogens (tertiary/aromatic N) is 1. The van der Waals surface area contributed by atoms with E-state index < -0.39 is 0 Å². The normalized spacial score (nSPS) is 20.8. The molecule has 80 valence electrons. The fourth-order valence-electron chi connectivity index (χ4n) is 1.63. The summed E-state index contributed by atoms with van der Waals surface area (Å²) < 4.78 is 0. The molecular weight excluding hydrogens is 192 g/mol. The molecule has 4 N–H and O–H groups in total. The number of nitrogen functional groups attached to an aromatic ring is 1. The first kappa shape index (κ1) is 9.76. The van der Waals surface area contributed by atoms with Crippen LogP contribution in [0.2, 0.25) is 0 Å². The Bertz CT molecular complexity index is 356. The highest BCUT2D eigenvalue weighted by Gasteiger charge is 2.17. The van der Waals surface area contributed by atoms with E-state index in [-0.39, 0.29) is 11.9 Å². The van der Waals surface area contributed by atoms with Gasteiger partial charge < -0.3 is 16.4 Å². The van der Waals surface area contributed by atoms with E-state index in [2.05, 4.69) is 15.6 Å². The summed E-state index contributed by atoms with van der Waals surface area (Å²) in [4.78, 5) is 14.9. The molecular formula is C10H14N4O. The standard InChI is InChI=1S/C10H14N4O/c11-7-3-9(5-12-4-7)14-8-1-2-10(15)13-6-8/h3-5,8,14H,1-2,6,11H2,(H,13,15). The molecule has 1 saturated heterocycles. The summed E-state index contributed by atoms with van der Waals surface area (Å²) >= 11 is 0. The van der Waals surface area contributed by atoms with Gasteiger partial charge in [-0.2, -0.15) is 0 Å². The fraction of sp³-hybridized carbons (Fsp3) is 0.400. The van der Waals surface area contributed by atoms with Crippen molar-refractivity contribution in [2.75, 3.05) is 17.6 Å². The van der Waals surface area contributed by atoms with Crippen LogP contribution in [0.25, 0.3) is 0 Å². The molecule has 0 aliphatic carbocycles. The summed E-state index contributed by atoms with van der Waals surface area (Å²) in [5, 5.41) is 6.10. The largest absolute Gasteiger partial charge is 0.397 e. The molecule has 15 heavy (non-hydrogen) atoms. The Morgan fingerprint density at radius 1 is 1.53 bits per heavy atom. The van der Waals surface area contributed by atoms with Crippen LogP contribution in [0.15, 0.2) is 18.5 Å². The quantitative estimate of drug-likeness (QED) is 0.652. The van der Waals surface area contributed by atoms with E-state index in [1.165, 1.54) is 0 Å². The first-order valence-electron chi connectivity index (χ1n) is 4.98. The molecule has 1 amide bonds. The lowest BCUT2D eigenvalue weighted by atomic mass is 10.1. The van der Waals surface area contributed by atoms with E-state index in [9.17, 15) is 4.79 Å². The van der Waals surface area contributed by atoms with Gasteiger partial charge in [0.05, 0.1) is 17.6 Å². The van der Waals surface area contributed by atoms with Gasteiger partial charge in [0, 0.05) is 25.2 Å². The predicted molar refractivity (Wildman–Crippen MR) is 58.3 cm³/mol. The summed E-state index contributed by atoms with van der Waals surface area (Å²) in [5.74, 6) is 0.124. The SMILES string of the molecule is Nc1cncc(NC2CCC(=O)NC2)c1. The number of carbonyl (C=O) groups is 1. The van der Waals surface area contributed by atoms with Crippen molar-refractivity contribution in [2.45, 2.75) is 18.9 Å². The molecule has 1 aliphatic heterocycles. The highest BCUT2D eigenvalue weighted by atomic mass is 16.1. The van der Waals surface area contributed by atoms with Crippen molar-refractivity contribution >= 4 is 17.3 Å². The molecule has 1 aromatic heterocycles. The number of aromatic nitrogens is 1. The summed E-state index contributed by atoms with van der Waals surface area (Å²) in [5.41, 5.74) is 7.15. The van der Waals surface area contributed by atoms with Crippen molar-refractivity contribution in [1.82, 2.24) is 10.3 Å². The molecule has 0 saturated carbocycles. The number of amides is 1. The Morgan fingerprint density at radius 3 is 3.07 bits per heavy atom. The van der Waals surface area contributed by atoms with E-state index >= 15 is 0 Å². The van der Waals surface area contributed by atoms with Crippen molar-refractivity contribution in [3.63, 3.8) is 0 Å². The molecule has 2 heterocycles. The third-order valence-electron chi connectivity index (χ3n) is 2.40. The minimum atomic E-state index is 0.124. The van der Waals surface area contributed by atoms with Crippen molar-refractivity contribution in [2.24, 2.45) is 0 Å². The topological polar surface area (TPSA) is 80.0 Å². The Morgan fingerprint density at radius 2 is 2.40 bits per heavy atom. The van der Waals surface area contributed by atoms with Crippen molar-refractivity contribution in [3.8, 4) is 0 Å². The maximum absolute atomic E-state index is 10.9. The van der Waals surface area contributed by atoms with Crippen LogP contribution in [0.4, 0.5) is 11.4 Å². The minimum absolute atomic E-state index is 0.124. The zero-order chi connectivity index (χ0) is 10.7. The monoisotopic (exact) mass is 206 g/mol. The highest BCUT2D eigenvalue weighted by Crippen LogP contribution is 2.14. The third kappa shape index (κ3) is 2.59. The Hall–Kier alpha value is -1.78. The molecule has 0 spiro atoms. The van der Waals surface area contributed by atoms with E-state index in [1.807, 2.05) is 6.07 Å². The minimum Gasteiger partial charge on any atom is -0.397 e. The number of nitrogens with two attached hydrogens (primary N) is 1. The van der Waals surface area contributed by atoms with Crippen LogP contribution in [-0.4, -0.2) is 23.5 Å². The lowest BCUT2D eigenvalue weighted by Gasteiger charge is -2.24. The summed E-state index contributed by atoms with van der Waals surface area (Å²) in [6.45, 7) is 0.660. The molecule has 1 aliphatic rings. The van der Waals surface area contributed by atoms with Gasteiger partial charge in [-0.3, -0.25) is 9.78 Å². The van der Waals surface area contributed by atoms with E-state index in [4.69, 9.17) is 5.73 Å². The Kier molecular flexibility index (Phi) is 2.71. The number of rotatable bonds is 2. The van der Waals surface area contributed by atoms with Crippen LogP contribution in [0, 0.1) is 0 Å². The number of anilines is 2.